The Morgan fingerprint density at radius 2 is 1.90 bits per heavy atom. The third-order valence-electron chi connectivity index (χ3n) is 5.51. The molecule has 2 heterocycles. The van der Waals surface area contributed by atoms with Crippen molar-refractivity contribution in [3.8, 4) is 11.1 Å². The van der Waals surface area contributed by atoms with Crippen LogP contribution in [0.2, 0.25) is 0 Å². The molecule has 29 heavy (non-hydrogen) atoms. The molecule has 1 aromatic heterocycles. The van der Waals surface area contributed by atoms with E-state index in [1.165, 1.54) is 28.0 Å². The zero-order valence-electron chi connectivity index (χ0n) is 18.3. The number of benzene rings is 1. The van der Waals surface area contributed by atoms with Crippen molar-refractivity contribution >= 4 is 11.5 Å². The molecule has 3 rings (SSSR count). The summed E-state index contributed by atoms with van der Waals surface area (Å²) in [4.78, 5) is 0. The third-order valence-corrected chi connectivity index (χ3v) is 5.51. The second kappa shape index (κ2) is 8.56. The fourth-order valence-corrected chi connectivity index (χ4v) is 3.77. The summed E-state index contributed by atoms with van der Waals surface area (Å²) < 4.78 is 1.94. The van der Waals surface area contributed by atoms with Crippen LogP contribution in [0.25, 0.3) is 16.8 Å². The molecular formula is C25H32N4. The van der Waals surface area contributed by atoms with Gasteiger partial charge in [0.25, 0.3) is 0 Å². The number of fused-ring (bicyclic) bond motifs is 1. The van der Waals surface area contributed by atoms with Crippen LogP contribution in [0.15, 0.2) is 66.0 Å². The highest BCUT2D eigenvalue weighted by Crippen LogP contribution is 2.38. The van der Waals surface area contributed by atoms with Crippen molar-refractivity contribution < 1.29 is 0 Å². The van der Waals surface area contributed by atoms with Gasteiger partial charge >= 0.3 is 0 Å². The maximum atomic E-state index is 4.83. The number of allylic oxidation sites excluding steroid dienone is 6. The molecule has 0 saturated heterocycles. The molecule has 0 unspecified atom stereocenters. The van der Waals surface area contributed by atoms with Crippen molar-refractivity contribution in [2.24, 2.45) is 0 Å². The molecule has 2 aromatic rings. The predicted molar refractivity (Wildman–Crippen MR) is 125 cm³/mol. The van der Waals surface area contributed by atoms with Crippen LogP contribution < -0.4 is 10.6 Å². The molecule has 0 saturated carbocycles. The van der Waals surface area contributed by atoms with Crippen molar-refractivity contribution in [1.82, 2.24) is 15.1 Å². The van der Waals surface area contributed by atoms with Gasteiger partial charge in [-0.05, 0) is 57.2 Å². The summed E-state index contributed by atoms with van der Waals surface area (Å²) in [7, 11) is 1.96. The van der Waals surface area contributed by atoms with E-state index >= 15 is 0 Å². The highest BCUT2D eigenvalue weighted by Gasteiger charge is 2.23. The minimum absolute atomic E-state index is 0.872. The van der Waals surface area contributed by atoms with Gasteiger partial charge in [-0.3, -0.25) is 0 Å². The summed E-state index contributed by atoms with van der Waals surface area (Å²) in [6.07, 6.45) is 4.78. The Labute approximate surface area is 174 Å². The number of aryl methyl sites for hydroxylation is 2. The highest BCUT2D eigenvalue weighted by molar-refractivity contribution is 5.84. The third kappa shape index (κ3) is 4.21. The number of nitrogens with one attached hydrogen (secondary N) is 2. The van der Waals surface area contributed by atoms with E-state index in [0.717, 1.165) is 47.7 Å². The first kappa shape index (κ1) is 20.7. The minimum atomic E-state index is 0.872. The Morgan fingerprint density at radius 3 is 2.48 bits per heavy atom. The molecule has 4 heteroatoms. The Bertz CT molecular complexity index is 1000. The summed E-state index contributed by atoms with van der Waals surface area (Å²) in [5, 5.41) is 11.7. The molecule has 0 radical (unpaired) electrons. The molecule has 0 bridgehead atoms. The molecule has 0 amide bonds. The van der Waals surface area contributed by atoms with Gasteiger partial charge in [-0.1, -0.05) is 55.5 Å². The zero-order valence-corrected chi connectivity index (χ0v) is 18.3. The molecule has 0 spiro atoms. The van der Waals surface area contributed by atoms with Gasteiger partial charge in [-0.2, -0.15) is 5.10 Å². The fourth-order valence-electron chi connectivity index (χ4n) is 3.77. The minimum Gasteiger partial charge on any atom is -0.391 e. The number of nitrogens with zero attached hydrogens (tertiary/aromatic N) is 2. The lowest BCUT2D eigenvalue weighted by Crippen LogP contribution is -2.14. The molecule has 4 nitrogen and oxygen atoms in total. The van der Waals surface area contributed by atoms with E-state index in [1.807, 2.05) is 11.7 Å². The number of hydrogen-bond acceptors (Lipinski definition) is 3. The Hall–Kier alpha value is -3.01. The van der Waals surface area contributed by atoms with Gasteiger partial charge < -0.3 is 10.6 Å². The van der Waals surface area contributed by atoms with E-state index in [9.17, 15) is 0 Å². The predicted octanol–water partition coefficient (Wildman–Crippen LogP) is 6.05. The average Bonchev–Trinajstić information content (AvgIpc) is 3.07. The van der Waals surface area contributed by atoms with Crippen LogP contribution in [0.3, 0.4) is 0 Å². The maximum Gasteiger partial charge on any atom is 0.142 e. The Balaban J connectivity index is 1.93. The summed E-state index contributed by atoms with van der Waals surface area (Å²) >= 11 is 0. The fraction of sp³-hybridized carbons (Fsp3) is 0.320. The number of anilines is 1. The topological polar surface area (TPSA) is 41.9 Å². The summed E-state index contributed by atoms with van der Waals surface area (Å²) in [6.45, 7) is 16.8. The van der Waals surface area contributed by atoms with Crippen LogP contribution in [0, 0.1) is 6.92 Å². The standard InChI is InChI=1S/C25H32N4/c1-8-23-24(20-11-9-17(4)10-12-20)25-27-21(15-18(5)29(25)28-23)13-14-22(16(2)3)19(6)26-7/h9-12,15,26-27H,2,5,8,13-14H2,1,3-4,6-7H3/b22-19-. The Kier molecular flexibility index (Phi) is 6.12. The summed E-state index contributed by atoms with van der Waals surface area (Å²) in [6, 6.07) is 8.65. The molecule has 0 aliphatic carbocycles. The molecule has 1 aliphatic rings. The number of hydrogen-bond donors (Lipinski definition) is 2. The van der Waals surface area contributed by atoms with Crippen molar-refractivity contribution in [2.75, 3.05) is 12.4 Å². The first-order valence-electron chi connectivity index (χ1n) is 10.2. The number of aromatic nitrogens is 2. The van der Waals surface area contributed by atoms with E-state index < -0.39 is 0 Å². The highest BCUT2D eigenvalue weighted by atomic mass is 15.4. The average molecular weight is 389 g/mol. The molecule has 1 aromatic carbocycles. The zero-order chi connectivity index (χ0) is 21.1. The monoisotopic (exact) mass is 388 g/mol. The lowest BCUT2D eigenvalue weighted by Gasteiger charge is -2.21. The smallest absolute Gasteiger partial charge is 0.142 e. The lowest BCUT2D eigenvalue weighted by molar-refractivity contribution is 0.836. The van der Waals surface area contributed by atoms with Gasteiger partial charge in [0.15, 0.2) is 0 Å². The number of rotatable bonds is 7. The summed E-state index contributed by atoms with van der Waals surface area (Å²) in [5.41, 5.74) is 10.3. The quantitative estimate of drug-likeness (QED) is 0.567. The maximum absolute atomic E-state index is 4.83. The second-order valence-corrected chi connectivity index (χ2v) is 7.72. The first-order chi connectivity index (χ1) is 13.8. The first-order valence-corrected chi connectivity index (χ1v) is 10.2. The van der Waals surface area contributed by atoms with E-state index in [2.05, 4.69) is 81.8 Å². The van der Waals surface area contributed by atoms with Gasteiger partial charge in [0.2, 0.25) is 0 Å². The lowest BCUT2D eigenvalue weighted by atomic mass is 9.99. The Morgan fingerprint density at radius 1 is 1.21 bits per heavy atom. The second-order valence-electron chi connectivity index (χ2n) is 7.72. The van der Waals surface area contributed by atoms with Crippen LogP contribution >= 0.6 is 0 Å². The van der Waals surface area contributed by atoms with Gasteiger partial charge in [0.05, 0.1) is 11.4 Å². The van der Waals surface area contributed by atoms with Crippen LogP contribution in [-0.2, 0) is 6.42 Å². The van der Waals surface area contributed by atoms with E-state index in [1.54, 1.807) is 0 Å². The van der Waals surface area contributed by atoms with Crippen molar-refractivity contribution in [3.05, 3.63) is 77.3 Å². The summed E-state index contributed by atoms with van der Waals surface area (Å²) in [5.74, 6) is 1.01. The molecule has 0 fully saturated rings. The van der Waals surface area contributed by atoms with Crippen LogP contribution in [0.4, 0.5) is 5.82 Å². The van der Waals surface area contributed by atoms with Crippen molar-refractivity contribution in [3.63, 3.8) is 0 Å². The van der Waals surface area contributed by atoms with Crippen molar-refractivity contribution in [1.29, 1.82) is 0 Å². The van der Waals surface area contributed by atoms with E-state index in [4.69, 9.17) is 5.10 Å². The molecule has 1 aliphatic heterocycles. The molecule has 2 N–H and O–H groups in total. The van der Waals surface area contributed by atoms with Gasteiger partial charge in [0, 0.05) is 24.0 Å². The van der Waals surface area contributed by atoms with Gasteiger partial charge in [0.1, 0.15) is 5.82 Å². The van der Waals surface area contributed by atoms with E-state index in [0.29, 0.717) is 0 Å². The SMILES string of the molecule is C=C(C)/C(CCC1=CC(=C)n2nc(CC)c(-c3ccc(C)cc3)c2N1)=C(/C)NC. The largest absolute Gasteiger partial charge is 0.391 e. The van der Waals surface area contributed by atoms with Crippen LogP contribution in [0.1, 0.15) is 44.9 Å². The van der Waals surface area contributed by atoms with Crippen LogP contribution in [0.5, 0.6) is 0 Å². The normalized spacial score (nSPS) is 14.0. The van der Waals surface area contributed by atoms with Gasteiger partial charge in [-0.25, -0.2) is 4.68 Å². The molecule has 152 valence electrons. The van der Waals surface area contributed by atoms with Crippen LogP contribution in [-0.4, -0.2) is 16.8 Å². The van der Waals surface area contributed by atoms with E-state index in [-0.39, 0.29) is 0 Å². The molecule has 0 atom stereocenters. The van der Waals surface area contributed by atoms with Gasteiger partial charge in [-0.15, -0.1) is 0 Å². The van der Waals surface area contributed by atoms with Crippen molar-refractivity contribution in [2.45, 2.75) is 47.0 Å². The molecular weight excluding hydrogens is 356 g/mol.